The number of hydrogen-bond donors (Lipinski definition) is 2. The highest BCUT2D eigenvalue weighted by Crippen LogP contribution is 2.40. The molecule has 0 amide bonds. The van der Waals surface area contributed by atoms with Gasteiger partial charge in [-0.25, -0.2) is 0 Å². The van der Waals surface area contributed by atoms with Crippen molar-refractivity contribution in [2.75, 3.05) is 26.2 Å². The van der Waals surface area contributed by atoms with Crippen LogP contribution >= 0.6 is 0 Å². The molecule has 0 bridgehead atoms. The number of likely N-dealkylation sites (N-methyl/N-ethyl adjacent to an activating group) is 1. The van der Waals surface area contributed by atoms with Crippen molar-refractivity contribution >= 4 is 0 Å². The smallest absolute Gasteiger partial charge is 0.0613 e. The number of nitrogens with zero attached hydrogens (tertiary/aromatic N) is 1. The number of rotatable bonds is 6. The van der Waals surface area contributed by atoms with E-state index in [-0.39, 0.29) is 5.54 Å². The molecule has 1 heterocycles. The monoisotopic (exact) mass is 296 g/mol. The second kappa shape index (κ2) is 7.43. The molecule has 0 aromatic rings. The topological polar surface area (TPSA) is 35.5 Å². The van der Waals surface area contributed by atoms with E-state index in [2.05, 4.69) is 31.0 Å². The summed E-state index contributed by atoms with van der Waals surface area (Å²) < 4.78 is 0. The molecule has 0 aromatic carbocycles. The molecule has 3 heteroatoms. The van der Waals surface area contributed by atoms with E-state index >= 15 is 0 Å². The maximum Gasteiger partial charge on any atom is 0.0613 e. The molecule has 0 radical (unpaired) electrons. The second-order valence-electron chi connectivity index (χ2n) is 7.46. The van der Waals surface area contributed by atoms with Crippen molar-refractivity contribution < 1.29 is 5.11 Å². The molecule has 1 saturated heterocycles. The van der Waals surface area contributed by atoms with Crippen molar-refractivity contribution in [1.29, 1.82) is 0 Å². The molecule has 2 aliphatic rings. The summed E-state index contributed by atoms with van der Waals surface area (Å²) in [4.78, 5) is 2.73. The predicted molar refractivity (Wildman–Crippen MR) is 89.6 cm³/mol. The summed E-state index contributed by atoms with van der Waals surface area (Å²) >= 11 is 0. The molecule has 3 nitrogen and oxygen atoms in total. The van der Waals surface area contributed by atoms with Crippen LogP contribution in [0.3, 0.4) is 0 Å². The number of piperidine rings is 1. The standard InChI is InChI=1S/C18H36N2O/c1-4-17(5-2)10-12-20(13-11-17)16-8-7-9-18(14-16,15-21)19-6-3/h16,19,21H,4-15H2,1-3H3. The lowest BCUT2D eigenvalue weighted by Crippen LogP contribution is -2.57. The van der Waals surface area contributed by atoms with E-state index in [0.29, 0.717) is 18.1 Å². The van der Waals surface area contributed by atoms with Crippen LogP contribution in [0.1, 0.15) is 72.1 Å². The fourth-order valence-corrected chi connectivity index (χ4v) is 4.70. The zero-order valence-corrected chi connectivity index (χ0v) is 14.5. The molecule has 2 fully saturated rings. The van der Waals surface area contributed by atoms with Crippen LogP contribution in [0.2, 0.25) is 0 Å². The summed E-state index contributed by atoms with van der Waals surface area (Å²) in [6, 6.07) is 0.677. The molecule has 0 spiro atoms. The third-order valence-electron chi connectivity index (χ3n) is 6.55. The zero-order chi connectivity index (χ0) is 15.3. The normalized spacial score (nSPS) is 34.0. The summed E-state index contributed by atoms with van der Waals surface area (Å²) in [5, 5.41) is 13.4. The first kappa shape index (κ1) is 17.2. The molecule has 0 aromatic heterocycles. The Kier molecular flexibility index (Phi) is 6.10. The Morgan fingerprint density at radius 1 is 1.10 bits per heavy atom. The van der Waals surface area contributed by atoms with E-state index in [4.69, 9.17) is 0 Å². The Hall–Kier alpha value is -0.120. The molecule has 2 N–H and O–H groups in total. The van der Waals surface area contributed by atoms with Crippen molar-refractivity contribution in [3.05, 3.63) is 0 Å². The van der Waals surface area contributed by atoms with Gasteiger partial charge < -0.3 is 15.3 Å². The van der Waals surface area contributed by atoms with Crippen LogP contribution < -0.4 is 5.32 Å². The molecule has 1 saturated carbocycles. The van der Waals surface area contributed by atoms with E-state index in [1.807, 2.05) is 0 Å². The zero-order valence-electron chi connectivity index (χ0n) is 14.5. The highest BCUT2D eigenvalue weighted by atomic mass is 16.3. The average Bonchev–Trinajstić information content (AvgIpc) is 2.55. The summed E-state index contributed by atoms with van der Waals surface area (Å²) in [7, 11) is 0. The molecule has 2 unspecified atom stereocenters. The molecule has 2 rings (SSSR count). The van der Waals surface area contributed by atoms with Gasteiger partial charge in [0.25, 0.3) is 0 Å². The Balaban J connectivity index is 1.94. The predicted octanol–water partition coefficient (Wildman–Crippen LogP) is 3.17. The first-order chi connectivity index (χ1) is 10.1. The van der Waals surface area contributed by atoms with Gasteiger partial charge >= 0.3 is 0 Å². The maximum atomic E-state index is 9.87. The third kappa shape index (κ3) is 3.80. The minimum absolute atomic E-state index is 0.0122. The van der Waals surface area contributed by atoms with E-state index < -0.39 is 0 Å². The number of aliphatic hydroxyl groups excluding tert-OH is 1. The highest BCUT2D eigenvalue weighted by molar-refractivity contribution is 4.97. The van der Waals surface area contributed by atoms with Crippen LogP contribution in [-0.4, -0.2) is 47.8 Å². The van der Waals surface area contributed by atoms with Crippen molar-refractivity contribution in [1.82, 2.24) is 10.2 Å². The van der Waals surface area contributed by atoms with Crippen LogP contribution in [0.4, 0.5) is 0 Å². The summed E-state index contributed by atoms with van der Waals surface area (Å²) in [5.74, 6) is 0. The fourth-order valence-electron chi connectivity index (χ4n) is 4.70. The van der Waals surface area contributed by atoms with Crippen LogP contribution in [-0.2, 0) is 0 Å². The van der Waals surface area contributed by atoms with Crippen LogP contribution in [0.25, 0.3) is 0 Å². The first-order valence-electron chi connectivity index (χ1n) is 9.22. The minimum atomic E-state index is -0.0122. The third-order valence-corrected chi connectivity index (χ3v) is 6.55. The quantitative estimate of drug-likeness (QED) is 0.790. The van der Waals surface area contributed by atoms with E-state index in [1.165, 1.54) is 51.6 Å². The van der Waals surface area contributed by atoms with Gasteiger partial charge in [-0.3, -0.25) is 0 Å². The van der Waals surface area contributed by atoms with Gasteiger partial charge in [0, 0.05) is 11.6 Å². The van der Waals surface area contributed by atoms with Crippen LogP contribution in [0.5, 0.6) is 0 Å². The largest absolute Gasteiger partial charge is 0.394 e. The molecule has 1 aliphatic heterocycles. The second-order valence-corrected chi connectivity index (χ2v) is 7.46. The van der Waals surface area contributed by atoms with Crippen molar-refractivity contribution in [2.45, 2.75) is 83.7 Å². The SMILES string of the molecule is CCNC1(CO)CCCC(N2CCC(CC)(CC)CC2)C1. The highest BCUT2D eigenvalue weighted by Gasteiger charge is 2.40. The number of nitrogens with one attached hydrogen (secondary N) is 1. The molecule has 124 valence electrons. The van der Waals surface area contributed by atoms with Gasteiger partial charge in [-0.1, -0.05) is 33.6 Å². The first-order valence-corrected chi connectivity index (χ1v) is 9.22. The lowest BCUT2D eigenvalue weighted by atomic mass is 9.72. The van der Waals surface area contributed by atoms with E-state index in [1.54, 1.807) is 0 Å². The Bertz CT molecular complexity index is 302. The molecule has 1 aliphatic carbocycles. The summed E-state index contributed by atoms with van der Waals surface area (Å²) in [5.41, 5.74) is 0.600. The summed E-state index contributed by atoms with van der Waals surface area (Å²) in [6.07, 6.45) is 10.2. The van der Waals surface area contributed by atoms with Gasteiger partial charge in [0.05, 0.1) is 6.61 Å². The van der Waals surface area contributed by atoms with Crippen LogP contribution in [0.15, 0.2) is 0 Å². The number of likely N-dealkylation sites (tertiary alicyclic amines) is 1. The van der Waals surface area contributed by atoms with Gasteiger partial charge in [0.15, 0.2) is 0 Å². The molecular weight excluding hydrogens is 260 g/mol. The average molecular weight is 296 g/mol. The van der Waals surface area contributed by atoms with E-state index in [9.17, 15) is 5.11 Å². The van der Waals surface area contributed by atoms with Crippen molar-refractivity contribution in [3.8, 4) is 0 Å². The molecule has 2 atom stereocenters. The number of hydrogen-bond acceptors (Lipinski definition) is 3. The maximum absolute atomic E-state index is 9.87. The minimum Gasteiger partial charge on any atom is -0.394 e. The van der Waals surface area contributed by atoms with E-state index in [0.717, 1.165) is 19.4 Å². The molecular formula is C18H36N2O. The lowest BCUT2D eigenvalue weighted by Gasteiger charge is -2.48. The lowest BCUT2D eigenvalue weighted by molar-refractivity contribution is 0.0195. The summed E-state index contributed by atoms with van der Waals surface area (Å²) in [6.45, 7) is 10.7. The van der Waals surface area contributed by atoms with Gasteiger partial charge in [-0.2, -0.15) is 0 Å². The Morgan fingerprint density at radius 3 is 2.29 bits per heavy atom. The van der Waals surface area contributed by atoms with Crippen molar-refractivity contribution in [3.63, 3.8) is 0 Å². The van der Waals surface area contributed by atoms with Crippen molar-refractivity contribution in [2.24, 2.45) is 5.41 Å². The number of aliphatic hydroxyl groups is 1. The van der Waals surface area contributed by atoms with Gasteiger partial charge in [0.2, 0.25) is 0 Å². The van der Waals surface area contributed by atoms with Crippen LogP contribution in [0, 0.1) is 5.41 Å². The van der Waals surface area contributed by atoms with Gasteiger partial charge in [-0.05, 0) is 63.6 Å². The van der Waals surface area contributed by atoms with Gasteiger partial charge in [0.1, 0.15) is 0 Å². The Morgan fingerprint density at radius 2 is 1.76 bits per heavy atom. The van der Waals surface area contributed by atoms with Gasteiger partial charge in [-0.15, -0.1) is 0 Å². The Labute approximate surface area is 131 Å². The molecule has 21 heavy (non-hydrogen) atoms. The fraction of sp³-hybridized carbons (Fsp3) is 1.00.